The third kappa shape index (κ3) is 2.98. The summed E-state index contributed by atoms with van der Waals surface area (Å²) in [6, 6.07) is 2.17. The van der Waals surface area contributed by atoms with E-state index < -0.39 is 0 Å². The van der Waals surface area contributed by atoms with Crippen molar-refractivity contribution in [2.75, 3.05) is 0 Å². The number of halogens is 1. The van der Waals surface area contributed by atoms with Crippen LogP contribution in [-0.4, -0.2) is 22.0 Å². The fraction of sp³-hybridized carbons (Fsp3) is 0.538. The van der Waals surface area contributed by atoms with Crippen molar-refractivity contribution in [1.82, 2.24) is 21.2 Å². The van der Waals surface area contributed by atoms with E-state index in [0.717, 1.165) is 16.3 Å². The van der Waals surface area contributed by atoms with E-state index in [1.165, 1.54) is 25.7 Å². The smallest absolute Gasteiger partial charge is 0.286 e. The molecule has 3 rings (SSSR count). The summed E-state index contributed by atoms with van der Waals surface area (Å²) in [4.78, 5) is 14.7. The zero-order chi connectivity index (χ0) is 14.1. The number of hydrazine groups is 1. The Balaban J connectivity index is 1.44. The highest BCUT2D eigenvalue weighted by molar-refractivity contribution is 9.10. The molecule has 1 amide bonds. The SMILES string of the molecule is O=C(NNC(=S)N[C@H]1C[C@H]2CC[C@H]1C2)c1cc(Br)c[nH]1. The Morgan fingerprint density at radius 3 is 2.80 bits per heavy atom. The molecule has 0 aliphatic heterocycles. The molecular weight excluding hydrogens is 340 g/mol. The molecule has 2 bridgehead atoms. The molecule has 0 unspecified atom stereocenters. The molecule has 0 saturated heterocycles. The minimum absolute atomic E-state index is 0.243. The normalized spacial score (nSPS) is 27.4. The maximum atomic E-state index is 11.8. The maximum Gasteiger partial charge on any atom is 0.286 e. The van der Waals surface area contributed by atoms with E-state index in [0.29, 0.717) is 16.8 Å². The number of rotatable bonds is 2. The number of fused-ring (bicyclic) bond motifs is 2. The zero-order valence-electron chi connectivity index (χ0n) is 10.9. The van der Waals surface area contributed by atoms with Gasteiger partial charge in [0.25, 0.3) is 5.91 Å². The number of aromatic nitrogens is 1. The van der Waals surface area contributed by atoms with Crippen LogP contribution in [0.3, 0.4) is 0 Å². The Morgan fingerprint density at radius 2 is 2.20 bits per heavy atom. The third-order valence-corrected chi connectivity index (χ3v) is 4.91. The van der Waals surface area contributed by atoms with Crippen molar-refractivity contribution in [3.63, 3.8) is 0 Å². The van der Waals surface area contributed by atoms with Crippen molar-refractivity contribution in [1.29, 1.82) is 0 Å². The topological polar surface area (TPSA) is 69.0 Å². The lowest BCUT2D eigenvalue weighted by atomic mass is 9.96. The van der Waals surface area contributed by atoms with Gasteiger partial charge in [0.1, 0.15) is 5.69 Å². The van der Waals surface area contributed by atoms with Gasteiger partial charge in [0.2, 0.25) is 0 Å². The van der Waals surface area contributed by atoms with Crippen molar-refractivity contribution >= 4 is 39.2 Å². The first-order chi connectivity index (χ1) is 9.61. The molecule has 4 N–H and O–H groups in total. The lowest BCUT2D eigenvalue weighted by molar-refractivity contribution is 0.0939. The fourth-order valence-corrected chi connectivity index (χ4v) is 3.85. The summed E-state index contributed by atoms with van der Waals surface area (Å²) >= 11 is 8.51. The van der Waals surface area contributed by atoms with Gasteiger partial charge in [-0.05, 0) is 65.3 Å². The van der Waals surface area contributed by atoms with Crippen molar-refractivity contribution in [2.45, 2.75) is 31.7 Å². The largest absolute Gasteiger partial charge is 0.358 e. The monoisotopic (exact) mass is 356 g/mol. The molecule has 0 radical (unpaired) electrons. The molecule has 1 aromatic rings. The number of amides is 1. The van der Waals surface area contributed by atoms with Gasteiger partial charge in [-0.3, -0.25) is 15.6 Å². The minimum atomic E-state index is -0.243. The Hall–Kier alpha value is -1.08. The first-order valence-electron chi connectivity index (χ1n) is 6.82. The van der Waals surface area contributed by atoms with Crippen LogP contribution in [0.25, 0.3) is 0 Å². The second kappa shape index (κ2) is 5.73. The molecule has 108 valence electrons. The molecule has 2 saturated carbocycles. The van der Waals surface area contributed by atoms with Gasteiger partial charge in [0, 0.05) is 16.7 Å². The standard InChI is InChI=1S/C13H17BrN4OS/c14-9-5-11(15-6-9)12(19)17-18-13(20)16-10-4-7-1-2-8(10)3-7/h5-8,10,15H,1-4H2,(H,17,19)(H2,16,18,20)/t7-,8-,10-/m0/s1. The van der Waals surface area contributed by atoms with Crippen LogP contribution in [0.4, 0.5) is 0 Å². The van der Waals surface area contributed by atoms with Crippen molar-refractivity contribution in [3.8, 4) is 0 Å². The predicted octanol–water partition coefficient (Wildman–Crippen LogP) is 2.07. The van der Waals surface area contributed by atoms with Gasteiger partial charge in [-0.25, -0.2) is 0 Å². The van der Waals surface area contributed by atoms with Gasteiger partial charge in [0.05, 0.1) is 0 Å². The van der Waals surface area contributed by atoms with E-state index in [1.807, 2.05) is 0 Å². The Morgan fingerprint density at radius 1 is 1.35 bits per heavy atom. The summed E-state index contributed by atoms with van der Waals surface area (Å²) in [5.74, 6) is 1.37. The quantitative estimate of drug-likeness (QED) is 0.483. The van der Waals surface area contributed by atoms with Crippen LogP contribution in [0.5, 0.6) is 0 Å². The molecule has 0 spiro atoms. The average Bonchev–Trinajstić information content (AvgIpc) is 3.12. The first kappa shape index (κ1) is 13.9. The van der Waals surface area contributed by atoms with Crippen LogP contribution in [0.1, 0.15) is 36.2 Å². The number of nitrogens with one attached hydrogen (secondary N) is 4. The van der Waals surface area contributed by atoms with Gasteiger partial charge < -0.3 is 10.3 Å². The van der Waals surface area contributed by atoms with Crippen LogP contribution in [0.15, 0.2) is 16.7 Å². The van der Waals surface area contributed by atoms with Crippen LogP contribution >= 0.6 is 28.1 Å². The van der Waals surface area contributed by atoms with Crippen molar-refractivity contribution < 1.29 is 4.79 Å². The number of carbonyl (C=O) groups is 1. The summed E-state index contributed by atoms with van der Waals surface area (Å²) in [6.45, 7) is 0. The minimum Gasteiger partial charge on any atom is -0.358 e. The number of H-pyrrole nitrogens is 1. The third-order valence-electron chi connectivity index (χ3n) is 4.24. The highest BCUT2D eigenvalue weighted by Gasteiger charge is 2.39. The number of aromatic amines is 1. The summed E-state index contributed by atoms with van der Waals surface area (Å²) < 4.78 is 0.838. The van der Waals surface area contributed by atoms with Gasteiger partial charge in [0.15, 0.2) is 5.11 Å². The second-order valence-electron chi connectivity index (χ2n) is 5.57. The number of hydrogen-bond acceptors (Lipinski definition) is 2. The number of thiocarbonyl (C=S) groups is 1. The lowest BCUT2D eigenvalue weighted by Crippen LogP contribution is -2.50. The van der Waals surface area contributed by atoms with E-state index in [-0.39, 0.29) is 5.91 Å². The lowest BCUT2D eigenvalue weighted by Gasteiger charge is -2.24. The van der Waals surface area contributed by atoms with Gasteiger partial charge in [-0.1, -0.05) is 6.42 Å². The number of carbonyl (C=O) groups excluding carboxylic acids is 1. The molecule has 1 heterocycles. The molecule has 5 nitrogen and oxygen atoms in total. The first-order valence-corrected chi connectivity index (χ1v) is 8.02. The van der Waals surface area contributed by atoms with Crippen LogP contribution in [0, 0.1) is 11.8 Å². The van der Waals surface area contributed by atoms with E-state index in [4.69, 9.17) is 12.2 Å². The Kier molecular flexibility index (Phi) is 3.98. The molecule has 2 fully saturated rings. The van der Waals surface area contributed by atoms with Crippen LogP contribution in [-0.2, 0) is 0 Å². The summed E-state index contributed by atoms with van der Waals surface area (Å²) in [5, 5.41) is 3.80. The molecular formula is C13H17BrN4OS. The summed E-state index contributed by atoms with van der Waals surface area (Å²) in [5.41, 5.74) is 5.83. The number of hydrogen-bond donors (Lipinski definition) is 4. The Bertz CT molecular complexity index is 532. The van der Waals surface area contributed by atoms with Crippen molar-refractivity contribution in [3.05, 3.63) is 22.4 Å². The summed E-state index contributed by atoms with van der Waals surface area (Å²) in [7, 11) is 0. The van der Waals surface area contributed by atoms with E-state index in [9.17, 15) is 4.79 Å². The molecule has 20 heavy (non-hydrogen) atoms. The van der Waals surface area contributed by atoms with Gasteiger partial charge in [-0.2, -0.15) is 0 Å². The van der Waals surface area contributed by atoms with E-state index in [2.05, 4.69) is 37.1 Å². The molecule has 2 aliphatic rings. The second-order valence-corrected chi connectivity index (χ2v) is 6.89. The van der Waals surface area contributed by atoms with E-state index in [1.54, 1.807) is 12.3 Å². The molecule has 2 aliphatic carbocycles. The fourth-order valence-electron chi connectivity index (χ4n) is 3.31. The Labute approximate surface area is 131 Å². The molecule has 1 aromatic heterocycles. The highest BCUT2D eigenvalue weighted by atomic mass is 79.9. The highest BCUT2D eigenvalue weighted by Crippen LogP contribution is 2.44. The van der Waals surface area contributed by atoms with E-state index >= 15 is 0 Å². The van der Waals surface area contributed by atoms with Crippen LogP contribution < -0.4 is 16.2 Å². The zero-order valence-corrected chi connectivity index (χ0v) is 13.3. The molecule has 0 aromatic carbocycles. The maximum absolute atomic E-state index is 11.8. The summed E-state index contributed by atoms with van der Waals surface area (Å²) in [6.07, 6.45) is 6.89. The average molecular weight is 357 g/mol. The molecule has 3 atom stereocenters. The van der Waals surface area contributed by atoms with Crippen LogP contribution in [0.2, 0.25) is 0 Å². The van der Waals surface area contributed by atoms with Gasteiger partial charge in [-0.15, -0.1) is 0 Å². The molecule has 7 heteroatoms. The van der Waals surface area contributed by atoms with Crippen molar-refractivity contribution in [2.24, 2.45) is 11.8 Å². The predicted molar refractivity (Wildman–Crippen MR) is 84.1 cm³/mol. The van der Waals surface area contributed by atoms with Gasteiger partial charge >= 0.3 is 0 Å².